The fourth-order valence-corrected chi connectivity index (χ4v) is 2.87. The molecule has 0 aromatic heterocycles. The maximum atomic E-state index is 11.0. The minimum Gasteiger partial charge on any atom is -0.478 e. The first-order valence-electron chi connectivity index (χ1n) is 7.78. The molecule has 20 heavy (non-hydrogen) atoms. The van der Waals surface area contributed by atoms with E-state index in [0.717, 1.165) is 19.6 Å². The second-order valence-electron chi connectivity index (χ2n) is 5.77. The molecule has 0 spiro atoms. The highest BCUT2D eigenvalue weighted by Crippen LogP contribution is 2.24. The molecule has 1 heterocycles. The standard InChI is InChI=1S/C17H25NO2/c1-2-3-4-5-6-7-10-18-12-15-9-8-14(17(19)20)11-16(15)13-18/h8-9,11H,2-7,10,12-13H2,1H3,(H,19,20). The molecule has 0 fully saturated rings. The molecular formula is C17H25NO2. The first-order chi connectivity index (χ1) is 9.70. The molecule has 0 atom stereocenters. The minimum atomic E-state index is -0.831. The van der Waals surface area contributed by atoms with Gasteiger partial charge in [-0.15, -0.1) is 0 Å². The number of fused-ring (bicyclic) bond motifs is 1. The Morgan fingerprint density at radius 2 is 1.80 bits per heavy atom. The van der Waals surface area contributed by atoms with Crippen LogP contribution in [0.5, 0.6) is 0 Å². The number of aromatic carboxylic acids is 1. The average Bonchev–Trinajstić information content (AvgIpc) is 2.84. The van der Waals surface area contributed by atoms with Gasteiger partial charge < -0.3 is 5.11 Å². The average molecular weight is 275 g/mol. The summed E-state index contributed by atoms with van der Waals surface area (Å²) in [7, 11) is 0. The summed E-state index contributed by atoms with van der Waals surface area (Å²) in [6.45, 7) is 5.26. The molecule has 1 aliphatic heterocycles. The van der Waals surface area contributed by atoms with Crippen molar-refractivity contribution in [3.63, 3.8) is 0 Å². The third kappa shape index (κ3) is 4.07. The van der Waals surface area contributed by atoms with E-state index in [2.05, 4.69) is 11.8 Å². The number of unbranched alkanes of at least 4 members (excludes halogenated alkanes) is 5. The van der Waals surface area contributed by atoms with Gasteiger partial charge in [0.15, 0.2) is 0 Å². The SMILES string of the molecule is CCCCCCCCN1Cc2ccc(C(=O)O)cc2C1. The van der Waals surface area contributed by atoms with Crippen molar-refractivity contribution < 1.29 is 9.90 Å². The van der Waals surface area contributed by atoms with Crippen LogP contribution in [0.2, 0.25) is 0 Å². The third-order valence-electron chi connectivity index (χ3n) is 4.07. The number of rotatable bonds is 8. The lowest BCUT2D eigenvalue weighted by molar-refractivity contribution is 0.0696. The third-order valence-corrected chi connectivity index (χ3v) is 4.07. The number of carboxylic acids is 1. The minimum absolute atomic E-state index is 0.408. The summed E-state index contributed by atoms with van der Waals surface area (Å²) in [5.74, 6) is -0.831. The maximum Gasteiger partial charge on any atom is 0.335 e. The maximum absolute atomic E-state index is 11.0. The number of benzene rings is 1. The number of nitrogens with zero attached hydrogens (tertiary/aromatic N) is 1. The molecular weight excluding hydrogens is 250 g/mol. The highest BCUT2D eigenvalue weighted by Gasteiger charge is 2.19. The molecule has 0 amide bonds. The van der Waals surface area contributed by atoms with Crippen molar-refractivity contribution >= 4 is 5.97 Å². The number of carboxylic acid groups (broad SMARTS) is 1. The van der Waals surface area contributed by atoms with E-state index in [1.54, 1.807) is 6.07 Å². The molecule has 0 radical (unpaired) electrons. The first-order valence-corrected chi connectivity index (χ1v) is 7.78. The van der Waals surface area contributed by atoms with E-state index in [4.69, 9.17) is 5.11 Å². The Labute approximate surface area is 121 Å². The van der Waals surface area contributed by atoms with Crippen LogP contribution in [-0.4, -0.2) is 22.5 Å². The Kier molecular flexibility index (Phi) is 5.60. The summed E-state index contributed by atoms with van der Waals surface area (Å²) < 4.78 is 0. The molecule has 1 aromatic rings. The van der Waals surface area contributed by atoms with E-state index >= 15 is 0 Å². The van der Waals surface area contributed by atoms with Gasteiger partial charge in [0.2, 0.25) is 0 Å². The molecule has 110 valence electrons. The Morgan fingerprint density at radius 3 is 2.55 bits per heavy atom. The van der Waals surface area contributed by atoms with Gasteiger partial charge in [-0.2, -0.15) is 0 Å². The molecule has 2 rings (SSSR count). The summed E-state index contributed by atoms with van der Waals surface area (Å²) in [5, 5.41) is 9.01. The summed E-state index contributed by atoms with van der Waals surface area (Å²) in [5.41, 5.74) is 2.89. The molecule has 0 bridgehead atoms. The van der Waals surface area contributed by atoms with E-state index in [1.807, 2.05) is 12.1 Å². The second-order valence-corrected chi connectivity index (χ2v) is 5.77. The van der Waals surface area contributed by atoms with E-state index in [0.29, 0.717) is 5.56 Å². The van der Waals surface area contributed by atoms with Crippen LogP contribution in [0.25, 0.3) is 0 Å². The summed E-state index contributed by atoms with van der Waals surface area (Å²) in [4.78, 5) is 13.4. The van der Waals surface area contributed by atoms with Gasteiger partial charge in [0.1, 0.15) is 0 Å². The van der Waals surface area contributed by atoms with Gasteiger partial charge in [-0.3, -0.25) is 4.90 Å². The Hall–Kier alpha value is -1.35. The summed E-state index contributed by atoms with van der Waals surface area (Å²) >= 11 is 0. The topological polar surface area (TPSA) is 40.5 Å². The van der Waals surface area contributed by atoms with Crippen molar-refractivity contribution in [1.29, 1.82) is 0 Å². The van der Waals surface area contributed by atoms with Crippen LogP contribution >= 0.6 is 0 Å². The highest BCUT2D eigenvalue weighted by atomic mass is 16.4. The smallest absolute Gasteiger partial charge is 0.335 e. The molecule has 1 N–H and O–H groups in total. The van der Waals surface area contributed by atoms with Crippen LogP contribution in [0, 0.1) is 0 Å². The quantitative estimate of drug-likeness (QED) is 0.727. The van der Waals surface area contributed by atoms with Crippen molar-refractivity contribution in [1.82, 2.24) is 4.90 Å². The highest BCUT2D eigenvalue weighted by molar-refractivity contribution is 5.87. The molecule has 0 unspecified atom stereocenters. The van der Waals surface area contributed by atoms with Crippen LogP contribution in [0.4, 0.5) is 0 Å². The van der Waals surface area contributed by atoms with Crippen molar-refractivity contribution in [3.05, 3.63) is 34.9 Å². The summed E-state index contributed by atoms with van der Waals surface area (Å²) in [6.07, 6.45) is 7.92. The predicted molar refractivity (Wildman–Crippen MR) is 80.9 cm³/mol. The second kappa shape index (κ2) is 7.44. The van der Waals surface area contributed by atoms with Gasteiger partial charge in [-0.1, -0.05) is 45.1 Å². The lowest BCUT2D eigenvalue weighted by Crippen LogP contribution is -2.17. The zero-order chi connectivity index (χ0) is 14.4. The van der Waals surface area contributed by atoms with Crippen molar-refractivity contribution in [2.24, 2.45) is 0 Å². The zero-order valence-corrected chi connectivity index (χ0v) is 12.4. The van der Waals surface area contributed by atoms with Gasteiger partial charge in [0.05, 0.1) is 5.56 Å². The fourth-order valence-electron chi connectivity index (χ4n) is 2.87. The van der Waals surface area contributed by atoms with Crippen molar-refractivity contribution in [2.75, 3.05) is 6.54 Å². The van der Waals surface area contributed by atoms with E-state index in [1.165, 1.54) is 49.7 Å². The van der Waals surface area contributed by atoms with Crippen molar-refractivity contribution in [2.45, 2.75) is 58.5 Å². The van der Waals surface area contributed by atoms with Gasteiger partial charge >= 0.3 is 5.97 Å². The lowest BCUT2D eigenvalue weighted by Gasteiger charge is -2.14. The monoisotopic (exact) mass is 275 g/mol. The Balaban J connectivity index is 1.74. The lowest BCUT2D eigenvalue weighted by atomic mass is 10.1. The Morgan fingerprint density at radius 1 is 1.10 bits per heavy atom. The van der Waals surface area contributed by atoms with Crippen LogP contribution in [0.15, 0.2) is 18.2 Å². The molecule has 0 saturated heterocycles. The van der Waals surface area contributed by atoms with Crippen molar-refractivity contribution in [3.8, 4) is 0 Å². The van der Waals surface area contributed by atoms with Gasteiger partial charge in [-0.25, -0.2) is 4.79 Å². The van der Waals surface area contributed by atoms with Crippen LogP contribution < -0.4 is 0 Å². The number of carbonyl (C=O) groups is 1. The van der Waals surface area contributed by atoms with Gasteiger partial charge in [-0.05, 0) is 36.2 Å². The van der Waals surface area contributed by atoms with Crippen LogP contribution in [0.3, 0.4) is 0 Å². The zero-order valence-electron chi connectivity index (χ0n) is 12.4. The van der Waals surface area contributed by atoms with Gasteiger partial charge in [0.25, 0.3) is 0 Å². The number of hydrogen-bond donors (Lipinski definition) is 1. The number of hydrogen-bond acceptors (Lipinski definition) is 2. The fraction of sp³-hybridized carbons (Fsp3) is 0.588. The van der Waals surface area contributed by atoms with E-state index < -0.39 is 5.97 Å². The molecule has 1 aromatic carbocycles. The molecule has 1 aliphatic rings. The van der Waals surface area contributed by atoms with E-state index in [-0.39, 0.29) is 0 Å². The molecule has 3 nitrogen and oxygen atoms in total. The molecule has 3 heteroatoms. The largest absolute Gasteiger partial charge is 0.478 e. The van der Waals surface area contributed by atoms with E-state index in [9.17, 15) is 4.79 Å². The summed E-state index contributed by atoms with van der Waals surface area (Å²) in [6, 6.07) is 5.52. The Bertz CT molecular complexity index is 456. The van der Waals surface area contributed by atoms with Gasteiger partial charge in [0, 0.05) is 13.1 Å². The van der Waals surface area contributed by atoms with Crippen LogP contribution in [0.1, 0.15) is 66.9 Å². The molecule has 0 saturated carbocycles. The predicted octanol–water partition coefficient (Wildman–Crippen LogP) is 4.06. The normalized spacial score (nSPS) is 14.4. The van der Waals surface area contributed by atoms with Crippen LogP contribution in [-0.2, 0) is 13.1 Å². The first kappa shape index (κ1) is 15.0. The molecule has 0 aliphatic carbocycles.